The number of aromatic nitrogens is 1. The Morgan fingerprint density at radius 2 is 2.14 bits per heavy atom. The molecule has 0 amide bonds. The van der Waals surface area contributed by atoms with Crippen molar-refractivity contribution in [2.24, 2.45) is 4.99 Å². The first-order valence-electron chi connectivity index (χ1n) is 9.85. The first-order valence-corrected chi connectivity index (χ1v) is 10.8. The Hall–Kier alpha value is -1.13. The predicted octanol–water partition coefficient (Wildman–Crippen LogP) is 3.73. The lowest BCUT2D eigenvalue weighted by Crippen LogP contribution is -2.48. The zero-order valence-electron chi connectivity index (χ0n) is 17.0. The molecule has 3 rings (SSSR count). The van der Waals surface area contributed by atoms with Crippen molar-refractivity contribution in [3.63, 3.8) is 0 Å². The summed E-state index contributed by atoms with van der Waals surface area (Å²) in [5.74, 6) is 1.82. The molecule has 0 radical (unpaired) electrons. The highest BCUT2D eigenvalue weighted by molar-refractivity contribution is 14.0. The van der Waals surface area contributed by atoms with Crippen LogP contribution in [0.3, 0.4) is 0 Å². The number of aliphatic imine (C=N–C) groups is 1. The maximum Gasteiger partial charge on any atom is 0.191 e. The molecule has 1 saturated heterocycles. The second-order valence-electron chi connectivity index (χ2n) is 7.14. The minimum atomic E-state index is 0. The highest BCUT2D eigenvalue weighted by atomic mass is 127. The minimum absolute atomic E-state index is 0. The zero-order valence-corrected chi connectivity index (χ0v) is 20.2. The molecule has 3 heterocycles. The van der Waals surface area contributed by atoms with E-state index in [9.17, 15) is 0 Å². The van der Waals surface area contributed by atoms with Gasteiger partial charge in [0.2, 0.25) is 0 Å². The molecule has 0 spiro atoms. The molecule has 2 aromatic rings. The Bertz CT molecular complexity index is 704. The van der Waals surface area contributed by atoms with E-state index in [-0.39, 0.29) is 24.0 Å². The van der Waals surface area contributed by atoms with Crippen molar-refractivity contribution in [3.8, 4) is 0 Å². The monoisotopic (exact) mass is 517 g/mol. The maximum absolute atomic E-state index is 5.24. The SMILES string of the molecule is CCNC(=NCCc1c(C)noc1C)NC1CCN(Cc2ccsc2)CC1.I. The van der Waals surface area contributed by atoms with Gasteiger partial charge in [0.15, 0.2) is 5.96 Å². The first-order chi connectivity index (χ1) is 13.2. The van der Waals surface area contributed by atoms with Gasteiger partial charge >= 0.3 is 0 Å². The van der Waals surface area contributed by atoms with Crippen molar-refractivity contribution in [3.05, 3.63) is 39.4 Å². The van der Waals surface area contributed by atoms with Gasteiger partial charge in [-0.2, -0.15) is 11.3 Å². The van der Waals surface area contributed by atoms with E-state index in [2.05, 4.69) is 44.4 Å². The van der Waals surface area contributed by atoms with Gasteiger partial charge in [-0.3, -0.25) is 9.89 Å². The highest BCUT2D eigenvalue weighted by Crippen LogP contribution is 2.16. The van der Waals surface area contributed by atoms with Gasteiger partial charge in [-0.1, -0.05) is 5.16 Å². The van der Waals surface area contributed by atoms with Crippen LogP contribution in [-0.2, 0) is 13.0 Å². The molecule has 2 N–H and O–H groups in total. The summed E-state index contributed by atoms with van der Waals surface area (Å²) in [5.41, 5.74) is 3.58. The Kier molecular flexibility index (Phi) is 9.73. The summed E-state index contributed by atoms with van der Waals surface area (Å²) in [6.45, 7) is 11.0. The van der Waals surface area contributed by atoms with Crippen LogP contribution in [0.2, 0.25) is 0 Å². The third-order valence-corrected chi connectivity index (χ3v) is 5.80. The summed E-state index contributed by atoms with van der Waals surface area (Å²) >= 11 is 1.78. The number of hydrogen-bond acceptors (Lipinski definition) is 5. The summed E-state index contributed by atoms with van der Waals surface area (Å²) in [6, 6.07) is 2.71. The second kappa shape index (κ2) is 11.8. The van der Waals surface area contributed by atoms with Crippen LogP contribution >= 0.6 is 35.3 Å². The topological polar surface area (TPSA) is 65.7 Å². The van der Waals surface area contributed by atoms with Gasteiger partial charge in [-0.25, -0.2) is 0 Å². The van der Waals surface area contributed by atoms with Crippen LogP contribution in [0.5, 0.6) is 0 Å². The molecule has 0 bridgehead atoms. The number of nitrogens with zero attached hydrogens (tertiary/aromatic N) is 3. The molecule has 1 aliphatic rings. The molecule has 1 aliphatic heterocycles. The standard InChI is InChI=1S/C20H31N5OS.HI/c1-4-21-20(22-9-5-19-15(2)24-26-16(19)3)23-18-6-10-25(11-7-18)13-17-8-12-27-14-17;/h8,12,14,18H,4-7,9-11,13H2,1-3H3,(H2,21,22,23);1H. The second-order valence-corrected chi connectivity index (χ2v) is 7.92. The quantitative estimate of drug-likeness (QED) is 0.333. The van der Waals surface area contributed by atoms with Gasteiger partial charge in [0.25, 0.3) is 0 Å². The minimum Gasteiger partial charge on any atom is -0.361 e. The summed E-state index contributed by atoms with van der Waals surface area (Å²) in [5, 5.41) is 15.4. The Morgan fingerprint density at radius 1 is 1.36 bits per heavy atom. The third kappa shape index (κ3) is 6.73. The largest absolute Gasteiger partial charge is 0.361 e. The van der Waals surface area contributed by atoms with E-state index in [1.807, 2.05) is 13.8 Å². The molecule has 1 fully saturated rings. The Labute approximate surface area is 189 Å². The number of likely N-dealkylation sites (tertiary alicyclic amines) is 1. The summed E-state index contributed by atoms with van der Waals surface area (Å²) in [4.78, 5) is 7.30. The molecule has 2 aromatic heterocycles. The van der Waals surface area contributed by atoms with Gasteiger partial charge in [-0.05, 0) is 62.4 Å². The normalized spacial score (nSPS) is 16.0. The van der Waals surface area contributed by atoms with E-state index >= 15 is 0 Å². The molecule has 8 heteroatoms. The fourth-order valence-electron chi connectivity index (χ4n) is 3.53. The average molecular weight is 517 g/mol. The van der Waals surface area contributed by atoms with Gasteiger partial charge in [0.1, 0.15) is 5.76 Å². The number of hydrogen-bond donors (Lipinski definition) is 2. The average Bonchev–Trinajstić information content (AvgIpc) is 3.28. The lowest BCUT2D eigenvalue weighted by atomic mass is 10.0. The van der Waals surface area contributed by atoms with E-state index in [0.717, 1.165) is 69.4 Å². The van der Waals surface area contributed by atoms with Crippen molar-refractivity contribution in [2.75, 3.05) is 26.2 Å². The number of aryl methyl sites for hydroxylation is 2. The summed E-state index contributed by atoms with van der Waals surface area (Å²) in [6.07, 6.45) is 3.16. The first kappa shape index (κ1) is 23.2. The van der Waals surface area contributed by atoms with Gasteiger partial charge in [-0.15, -0.1) is 24.0 Å². The van der Waals surface area contributed by atoms with E-state index in [1.165, 1.54) is 11.1 Å². The number of rotatable bonds is 7. The van der Waals surface area contributed by atoms with Gasteiger partial charge in [0.05, 0.1) is 5.69 Å². The molecular formula is C20H32IN5OS. The zero-order chi connectivity index (χ0) is 19.1. The number of nitrogens with one attached hydrogen (secondary N) is 2. The van der Waals surface area contributed by atoms with Crippen LogP contribution in [0.1, 0.15) is 42.3 Å². The molecule has 0 aromatic carbocycles. The van der Waals surface area contributed by atoms with Crippen LogP contribution in [0.25, 0.3) is 0 Å². The molecule has 0 atom stereocenters. The fraction of sp³-hybridized carbons (Fsp3) is 0.600. The van der Waals surface area contributed by atoms with Crippen molar-refractivity contribution in [1.82, 2.24) is 20.7 Å². The summed E-state index contributed by atoms with van der Waals surface area (Å²) in [7, 11) is 0. The van der Waals surface area contributed by atoms with Gasteiger partial charge in [0, 0.05) is 44.3 Å². The fourth-order valence-corrected chi connectivity index (χ4v) is 4.19. The van der Waals surface area contributed by atoms with Crippen molar-refractivity contribution < 1.29 is 4.52 Å². The van der Waals surface area contributed by atoms with Crippen molar-refractivity contribution in [1.29, 1.82) is 0 Å². The van der Waals surface area contributed by atoms with E-state index in [1.54, 1.807) is 11.3 Å². The number of halogens is 1. The lowest BCUT2D eigenvalue weighted by molar-refractivity contribution is 0.198. The third-order valence-electron chi connectivity index (χ3n) is 5.07. The Balaban J connectivity index is 0.00000280. The smallest absolute Gasteiger partial charge is 0.191 e. The van der Waals surface area contributed by atoms with Crippen molar-refractivity contribution >= 4 is 41.3 Å². The van der Waals surface area contributed by atoms with Crippen molar-refractivity contribution in [2.45, 2.75) is 52.6 Å². The van der Waals surface area contributed by atoms with Crippen LogP contribution in [0, 0.1) is 13.8 Å². The molecule has 0 unspecified atom stereocenters. The Morgan fingerprint density at radius 3 is 2.75 bits per heavy atom. The highest BCUT2D eigenvalue weighted by Gasteiger charge is 2.20. The van der Waals surface area contributed by atoms with Gasteiger partial charge < -0.3 is 15.2 Å². The van der Waals surface area contributed by atoms with Crippen LogP contribution in [0.15, 0.2) is 26.3 Å². The number of thiophene rings is 1. The number of piperidine rings is 1. The van der Waals surface area contributed by atoms with E-state index in [4.69, 9.17) is 9.52 Å². The number of guanidine groups is 1. The predicted molar refractivity (Wildman–Crippen MR) is 127 cm³/mol. The van der Waals surface area contributed by atoms with Crippen LogP contribution in [0.4, 0.5) is 0 Å². The molecular weight excluding hydrogens is 485 g/mol. The summed E-state index contributed by atoms with van der Waals surface area (Å²) < 4.78 is 5.24. The van der Waals surface area contributed by atoms with E-state index < -0.39 is 0 Å². The molecule has 0 aliphatic carbocycles. The molecule has 28 heavy (non-hydrogen) atoms. The maximum atomic E-state index is 5.24. The van der Waals surface area contributed by atoms with E-state index in [0.29, 0.717) is 6.04 Å². The molecule has 0 saturated carbocycles. The molecule has 156 valence electrons. The van der Waals surface area contributed by atoms with Crippen LogP contribution < -0.4 is 10.6 Å². The molecule has 6 nitrogen and oxygen atoms in total. The lowest BCUT2D eigenvalue weighted by Gasteiger charge is -2.33. The van der Waals surface area contributed by atoms with Crippen LogP contribution in [-0.4, -0.2) is 48.2 Å².